The Kier molecular flexibility index (Phi) is 5.17. The van der Waals surface area contributed by atoms with E-state index in [0.717, 1.165) is 12.1 Å². The van der Waals surface area contributed by atoms with Crippen LogP contribution < -0.4 is 9.80 Å². The van der Waals surface area contributed by atoms with Crippen LogP contribution >= 0.6 is 23.4 Å². The van der Waals surface area contributed by atoms with E-state index in [9.17, 15) is 22.8 Å². The van der Waals surface area contributed by atoms with Crippen LogP contribution in [0.5, 0.6) is 0 Å². The molecule has 0 saturated carbocycles. The Labute approximate surface area is 196 Å². The average Bonchev–Trinajstić information content (AvgIpc) is 3.24. The lowest BCUT2D eigenvalue weighted by atomic mass is 10.0. The van der Waals surface area contributed by atoms with Gasteiger partial charge in [0, 0.05) is 16.3 Å². The van der Waals surface area contributed by atoms with E-state index in [1.165, 1.54) is 27.6 Å². The molecule has 4 nitrogen and oxygen atoms in total. The van der Waals surface area contributed by atoms with Crippen molar-refractivity contribution < 1.29 is 22.8 Å². The number of anilines is 2. The lowest BCUT2D eigenvalue weighted by Gasteiger charge is -2.33. The first-order valence-corrected chi connectivity index (χ1v) is 11.4. The second kappa shape index (κ2) is 7.81. The molecule has 0 N–H and O–H groups in total. The topological polar surface area (TPSA) is 40.6 Å². The maximum atomic E-state index is 13.9. The molecule has 0 aromatic heterocycles. The fraction of sp³-hybridized carbons (Fsp3) is 0.167. The molecular formula is C24H16ClF3N2O2S. The van der Waals surface area contributed by atoms with Gasteiger partial charge in [-0.05, 0) is 42.0 Å². The Bertz CT molecular complexity index is 1280. The number of hydrogen-bond donors (Lipinski definition) is 0. The number of carbonyl (C=O) groups excluding carboxylic acids is 2. The van der Waals surface area contributed by atoms with Crippen LogP contribution in [0.2, 0.25) is 5.02 Å². The fourth-order valence-corrected chi connectivity index (χ4v) is 5.90. The van der Waals surface area contributed by atoms with E-state index in [1.54, 1.807) is 54.6 Å². The zero-order valence-electron chi connectivity index (χ0n) is 17.0. The van der Waals surface area contributed by atoms with Gasteiger partial charge in [0.2, 0.25) is 10.8 Å². The molecule has 2 heterocycles. The van der Waals surface area contributed by atoms with Crippen LogP contribution in [0.3, 0.4) is 0 Å². The highest BCUT2D eigenvalue weighted by Gasteiger charge is 2.60. The van der Waals surface area contributed by atoms with Crippen LogP contribution in [0, 0.1) is 0 Å². The first kappa shape index (κ1) is 21.9. The minimum atomic E-state index is -4.48. The number of benzene rings is 3. The summed E-state index contributed by atoms with van der Waals surface area (Å²) in [5, 5.41) is 0.423. The molecule has 0 bridgehead atoms. The minimum Gasteiger partial charge on any atom is -0.304 e. The maximum Gasteiger partial charge on any atom is 0.416 e. The molecule has 168 valence electrons. The van der Waals surface area contributed by atoms with Crippen molar-refractivity contribution in [1.82, 2.24) is 0 Å². The summed E-state index contributed by atoms with van der Waals surface area (Å²) in [6.45, 7) is -0.0559. The molecule has 1 atom stereocenters. The number of hydrogen-bond acceptors (Lipinski definition) is 3. The Morgan fingerprint density at radius 3 is 2.48 bits per heavy atom. The third kappa shape index (κ3) is 3.48. The summed E-state index contributed by atoms with van der Waals surface area (Å²) >= 11 is 7.36. The van der Waals surface area contributed by atoms with E-state index in [2.05, 4.69) is 0 Å². The summed E-state index contributed by atoms with van der Waals surface area (Å²) in [4.78, 5) is 28.5. The number of amides is 2. The van der Waals surface area contributed by atoms with Crippen molar-refractivity contribution in [2.24, 2.45) is 0 Å². The van der Waals surface area contributed by atoms with Crippen LogP contribution in [-0.4, -0.2) is 17.6 Å². The lowest BCUT2D eigenvalue weighted by molar-refractivity contribution is -0.137. The van der Waals surface area contributed by atoms with Crippen molar-refractivity contribution in [2.75, 3.05) is 15.6 Å². The van der Waals surface area contributed by atoms with Gasteiger partial charge in [0.1, 0.15) is 0 Å². The lowest BCUT2D eigenvalue weighted by Crippen LogP contribution is -2.49. The molecular weight excluding hydrogens is 473 g/mol. The highest BCUT2D eigenvalue weighted by atomic mass is 35.5. The molecule has 1 saturated heterocycles. The monoisotopic (exact) mass is 488 g/mol. The predicted octanol–water partition coefficient (Wildman–Crippen LogP) is 5.84. The van der Waals surface area contributed by atoms with Gasteiger partial charge in [0.25, 0.3) is 5.91 Å². The van der Waals surface area contributed by atoms with Crippen LogP contribution in [0.1, 0.15) is 16.7 Å². The maximum absolute atomic E-state index is 13.9. The van der Waals surface area contributed by atoms with Crippen molar-refractivity contribution in [3.8, 4) is 0 Å². The average molecular weight is 489 g/mol. The number of fused-ring (bicyclic) bond motifs is 2. The quantitative estimate of drug-likeness (QED) is 0.465. The largest absolute Gasteiger partial charge is 0.416 e. The molecule has 0 unspecified atom stereocenters. The number of halogens is 4. The summed E-state index contributed by atoms with van der Waals surface area (Å²) in [6, 6.07) is 18.7. The normalized spacial score (nSPS) is 20.1. The molecule has 2 aliphatic heterocycles. The molecule has 3 aromatic rings. The first-order chi connectivity index (χ1) is 15.7. The van der Waals surface area contributed by atoms with Gasteiger partial charge < -0.3 is 4.90 Å². The molecule has 33 heavy (non-hydrogen) atoms. The summed E-state index contributed by atoms with van der Waals surface area (Å²) in [5.41, 5.74) is 1.24. The number of para-hydroxylation sites is 1. The Balaban J connectivity index is 1.61. The van der Waals surface area contributed by atoms with Crippen molar-refractivity contribution in [3.05, 3.63) is 94.5 Å². The third-order valence-corrected chi connectivity index (χ3v) is 7.35. The standard InChI is InChI=1S/C24H16ClF3N2O2S/c25-17-7-4-8-18(12-17)30-21(31)14-33-23(30)19-9-1-2-10-20(19)29(22(23)32)13-15-5-3-6-16(11-15)24(26,27)28/h1-12H,13-14H2/t23-/m1/s1. The van der Waals surface area contributed by atoms with Gasteiger partial charge in [-0.25, -0.2) is 0 Å². The van der Waals surface area contributed by atoms with Gasteiger partial charge in [0.15, 0.2) is 0 Å². The second-order valence-corrected chi connectivity index (χ2v) is 9.35. The van der Waals surface area contributed by atoms with Gasteiger partial charge in [0.05, 0.1) is 23.5 Å². The molecule has 3 aromatic carbocycles. The number of nitrogens with zero attached hydrogens (tertiary/aromatic N) is 2. The van der Waals surface area contributed by atoms with E-state index in [4.69, 9.17) is 11.6 Å². The molecule has 0 aliphatic carbocycles. The highest BCUT2D eigenvalue weighted by Crippen LogP contribution is 2.56. The SMILES string of the molecule is O=C1CS[C@]2(C(=O)N(Cc3cccc(C(F)(F)F)c3)c3ccccc32)N1c1cccc(Cl)c1. The minimum absolute atomic E-state index is 0.0559. The molecule has 2 aliphatic rings. The molecule has 2 amide bonds. The van der Waals surface area contributed by atoms with Gasteiger partial charge in [-0.2, -0.15) is 13.2 Å². The van der Waals surface area contributed by atoms with Crippen LogP contribution in [0.4, 0.5) is 24.5 Å². The van der Waals surface area contributed by atoms with Gasteiger partial charge >= 0.3 is 6.18 Å². The second-order valence-electron chi connectivity index (χ2n) is 7.75. The van der Waals surface area contributed by atoms with E-state index in [0.29, 0.717) is 27.5 Å². The highest BCUT2D eigenvalue weighted by molar-refractivity contribution is 8.02. The van der Waals surface area contributed by atoms with Crippen LogP contribution in [0.15, 0.2) is 72.8 Å². The van der Waals surface area contributed by atoms with E-state index in [1.807, 2.05) is 0 Å². The van der Waals surface area contributed by atoms with Crippen molar-refractivity contribution in [1.29, 1.82) is 0 Å². The summed E-state index contributed by atoms with van der Waals surface area (Å²) in [7, 11) is 0. The molecule has 9 heteroatoms. The van der Waals surface area contributed by atoms with Crippen molar-refractivity contribution in [3.63, 3.8) is 0 Å². The Morgan fingerprint density at radius 1 is 0.970 bits per heavy atom. The molecule has 5 rings (SSSR count). The summed E-state index contributed by atoms with van der Waals surface area (Å²) in [5.74, 6) is -0.535. The van der Waals surface area contributed by atoms with Crippen LogP contribution in [-0.2, 0) is 27.2 Å². The van der Waals surface area contributed by atoms with E-state index in [-0.39, 0.29) is 24.1 Å². The third-order valence-electron chi connectivity index (χ3n) is 5.73. The Hall–Kier alpha value is -2.97. The van der Waals surface area contributed by atoms with E-state index < -0.39 is 16.6 Å². The van der Waals surface area contributed by atoms with E-state index >= 15 is 0 Å². The smallest absolute Gasteiger partial charge is 0.304 e. The van der Waals surface area contributed by atoms with Gasteiger partial charge in [-0.3, -0.25) is 14.5 Å². The summed E-state index contributed by atoms with van der Waals surface area (Å²) < 4.78 is 39.6. The van der Waals surface area contributed by atoms with Crippen LogP contribution in [0.25, 0.3) is 0 Å². The Morgan fingerprint density at radius 2 is 1.73 bits per heavy atom. The zero-order chi connectivity index (χ0) is 23.4. The zero-order valence-corrected chi connectivity index (χ0v) is 18.5. The first-order valence-electron chi connectivity index (χ1n) is 10.0. The summed E-state index contributed by atoms with van der Waals surface area (Å²) in [6.07, 6.45) is -4.48. The van der Waals surface area contributed by atoms with Crippen molar-refractivity contribution in [2.45, 2.75) is 17.6 Å². The molecule has 0 radical (unpaired) electrons. The molecule has 1 spiro atoms. The number of alkyl halides is 3. The van der Waals surface area contributed by atoms with Gasteiger partial charge in [-0.15, -0.1) is 11.8 Å². The van der Waals surface area contributed by atoms with Gasteiger partial charge in [-0.1, -0.05) is 48.0 Å². The number of thioether (sulfide) groups is 1. The molecule has 1 fully saturated rings. The predicted molar refractivity (Wildman–Crippen MR) is 122 cm³/mol. The number of rotatable bonds is 3. The van der Waals surface area contributed by atoms with Crippen molar-refractivity contribution >= 4 is 46.6 Å². The fourth-order valence-electron chi connectivity index (χ4n) is 4.36. The number of carbonyl (C=O) groups is 2.